The van der Waals surface area contributed by atoms with Gasteiger partial charge in [-0.2, -0.15) is 0 Å². The van der Waals surface area contributed by atoms with Crippen LogP contribution in [0.3, 0.4) is 0 Å². The average Bonchev–Trinajstić information content (AvgIpc) is 3.16. The molecule has 1 aromatic heterocycles. The quantitative estimate of drug-likeness (QED) is 0.813. The van der Waals surface area contributed by atoms with Crippen LogP contribution in [0.15, 0.2) is 22.6 Å². The van der Waals surface area contributed by atoms with Crippen LogP contribution in [0.4, 0.5) is 6.01 Å². The summed E-state index contributed by atoms with van der Waals surface area (Å²) in [6, 6.07) is 5.72. The predicted octanol–water partition coefficient (Wildman–Crippen LogP) is 1.61. The van der Waals surface area contributed by atoms with E-state index in [9.17, 15) is 4.79 Å². The molecule has 0 N–H and O–H groups in total. The number of piperazine rings is 1. The maximum absolute atomic E-state index is 12.8. The van der Waals surface area contributed by atoms with Crippen molar-refractivity contribution in [3.63, 3.8) is 0 Å². The molecular weight excluding hydrogens is 324 g/mol. The minimum Gasteiger partial charge on any atom is -0.497 e. The Bertz CT molecular complexity index is 716. The summed E-state index contributed by atoms with van der Waals surface area (Å²) in [7, 11) is 3.13. The molecule has 25 heavy (non-hydrogen) atoms. The Balaban J connectivity index is 1.67. The molecule has 1 aromatic carbocycles. The van der Waals surface area contributed by atoms with Gasteiger partial charge >= 0.3 is 6.01 Å². The Labute approximate surface area is 146 Å². The third-order valence-electron chi connectivity index (χ3n) is 4.19. The monoisotopic (exact) mass is 346 g/mol. The number of hydrogen-bond acceptors (Lipinski definition) is 7. The van der Waals surface area contributed by atoms with E-state index in [4.69, 9.17) is 13.9 Å². The van der Waals surface area contributed by atoms with Crippen LogP contribution >= 0.6 is 0 Å². The van der Waals surface area contributed by atoms with Crippen molar-refractivity contribution in [3.05, 3.63) is 29.7 Å². The molecule has 0 radical (unpaired) electrons. The number of nitrogens with zero attached hydrogens (tertiary/aromatic N) is 4. The second kappa shape index (κ2) is 7.42. The van der Waals surface area contributed by atoms with Gasteiger partial charge in [-0.1, -0.05) is 12.0 Å². The van der Waals surface area contributed by atoms with E-state index in [1.54, 1.807) is 32.4 Å². The lowest BCUT2D eigenvalue weighted by atomic mass is 10.1. The van der Waals surface area contributed by atoms with Crippen LogP contribution in [0.5, 0.6) is 11.5 Å². The van der Waals surface area contributed by atoms with Crippen molar-refractivity contribution in [3.8, 4) is 11.5 Å². The molecule has 1 aliphatic heterocycles. The Morgan fingerprint density at radius 1 is 1.08 bits per heavy atom. The van der Waals surface area contributed by atoms with Gasteiger partial charge in [-0.05, 0) is 12.1 Å². The highest BCUT2D eigenvalue weighted by Crippen LogP contribution is 2.24. The van der Waals surface area contributed by atoms with Gasteiger partial charge in [-0.25, -0.2) is 0 Å². The van der Waals surface area contributed by atoms with E-state index < -0.39 is 0 Å². The molecule has 0 saturated carbocycles. The van der Waals surface area contributed by atoms with Crippen molar-refractivity contribution >= 4 is 11.9 Å². The molecule has 1 amide bonds. The van der Waals surface area contributed by atoms with Gasteiger partial charge < -0.3 is 23.7 Å². The van der Waals surface area contributed by atoms with Crippen molar-refractivity contribution in [2.45, 2.75) is 13.3 Å². The Hall–Kier alpha value is -2.77. The van der Waals surface area contributed by atoms with Crippen LogP contribution in [0, 0.1) is 0 Å². The first kappa shape index (κ1) is 17.1. The lowest BCUT2D eigenvalue weighted by molar-refractivity contribution is 0.0744. The number of rotatable bonds is 5. The van der Waals surface area contributed by atoms with Gasteiger partial charge in [-0.3, -0.25) is 4.79 Å². The highest BCUT2D eigenvalue weighted by Gasteiger charge is 2.25. The molecule has 134 valence electrons. The molecule has 8 nitrogen and oxygen atoms in total. The number of aryl methyl sites for hydroxylation is 1. The van der Waals surface area contributed by atoms with Gasteiger partial charge in [0, 0.05) is 44.2 Å². The summed E-state index contributed by atoms with van der Waals surface area (Å²) in [5.41, 5.74) is 0.552. The third-order valence-corrected chi connectivity index (χ3v) is 4.19. The number of hydrogen-bond donors (Lipinski definition) is 0. The van der Waals surface area contributed by atoms with E-state index in [0.717, 1.165) is 0 Å². The molecule has 0 atom stereocenters. The number of ether oxygens (including phenoxy) is 2. The molecule has 2 heterocycles. The molecule has 0 unspecified atom stereocenters. The van der Waals surface area contributed by atoms with E-state index in [-0.39, 0.29) is 5.91 Å². The van der Waals surface area contributed by atoms with Crippen LogP contribution in [0.25, 0.3) is 0 Å². The van der Waals surface area contributed by atoms with Crippen LogP contribution in [0.1, 0.15) is 23.2 Å². The smallest absolute Gasteiger partial charge is 0.318 e. The zero-order valence-electron chi connectivity index (χ0n) is 14.7. The molecule has 0 spiro atoms. The van der Waals surface area contributed by atoms with Crippen LogP contribution < -0.4 is 14.4 Å². The molecule has 3 rings (SSSR count). The standard InChI is InChI=1S/C17H22N4O4/c1-4-15-18-19-17(25-15)21-7-5-20(6-8-21)16(22)12-9-13(23-2)11-14(10-12)24-3/h9-11H,4-8H2,1-3H3. The first-order valence-electron chi connectivity index (χ1n) is 8.24. The zero-order chi connectivity index (χ0) is 17.8. The van der Waals surface area contributed by atoms with E-state index >= 15 is 0 Å². The summed E-state index contributed by atoms with van der Waals surface area (Å²) in [6.45, 7) is 4.44. The normalized spacial score (nSPS) is 14.5. The summed E-state index contributed by atoms with van der Waals surface area (Å²) in [4.78, 5) is 16.6. The zero-order valence-corrected chi connectivity index (χ0v) is 14.7. The second-order valence-corrected chi connectivity index (χ2v) is 5.71. The van der Waals surface area contributed by atoms with Crippen molar-refractivity contribution < 1.29 is 18.7 Å². The van der Waals surface area contributed by atoms with Gasteiger partial charge in [0.1, 0.15) is 11.5 Å². The number of carbonyl (C=O) groups is 1. The fourth-order valence-electron chi connectivity index (χ4n) is 2.73. The first-order chi connectivity index (χ1) is 12.1. The first-order valence-corrected chi connectivity index (χ1v) is 8.24. The van der Waals surface area contributed by atoms with Gasteiger partial charge in [0.15, 0.2) is 0 Å². The second-order valence-electron chi connectivity index (χ2n) is 5.71. The number of carbonyl (C=O) groups excluding carboxylic acids is 1. The number of benzene rings is 1. The van der Waals surface area contributed by atoms with Gasteiger partial charge in [0.2, 0.25) is 5.89 Å². The fourth-order valence-corrected chi connectivity index (χ4v) is 2.73. The topological polar surface area (TPSA) is 80.9 Å². The largest absolute Gasteiger partial charge is 0.497 e. The molecule has 0 bridgehead atoms. The number of aromatic nitrogens is 2. The molecular formula is C17H22N4O4. The van der Waals surface area contributed by atoms with E-state index in [0.29, 0.717) is 61.6 Å². The minimum atomic E-state index is -0.0448. The molecule has 0 aliphatic carbocycles. The summed E-state index contributed by atoms with van der Waals surface area (Å²) in [5.74, 6) is 1.77. The lowest BCUT2D eigenvalue weighted by Gasteiger charge is -2.33. The van der Waals surface area contributed by atoms with Crippen molar-refractivity contribution in [1.82, 2.24) is 15.1 Å². The fraction of sp³-hybridized carbons (Fsp3) is 0.471. The number of anilines is 1. The Morgan fingerprint density at radius 3 is 2.24 bits per heavy atom. The SMILES string of the molecule is CCc1nnc(N2CCN(C(=O)c3cc(OC)cc(OC)c3)CC2)o1. The van der Waals surface area contributed by atoms with E-state index in [2.05, 4.69) is 10.2 Å². The van der Waals surface area contributed by atoms with Crippen LogP contribution in [0.2, 0.25) is 0 Å². The van der Waals surface area contributed by atoms with Gasteiger partial charge in [0.05, 0.1) is 14.2 Å². The third kappa shape index (κ3) is 3.67. The van der Waals surface area contributed by atoms with Crippen molar-refractivity contribution in [2.75, 3.05) is 45.3 Å². The van der Waals surface area contributed by atoms with Crippen LogP contribution in [-0.2, 0) is 6.42 Å². The van der Waals surface area contributed by atoms with Gasteiger partial charge in [0.25, 0.3) is 5.91 Å². The minimum absolute atomic E-state index is 0.0448. The highest BCUT2D eigenvalue weighted by atomic mass is 16.5. The van der Waals surface area contributed by atoms with Crippen molar-refractivity contribution in [2.24, 2.45) is 0 Å². The van der Waals surface area contributed by atoms with Crippen LogP contribution in [-0.4, -0.2) is 61.4 Å². The van der Waals surface area contributed by atoms with Crippen molar-refractivity contribution in [1.29, 1.82) is 0 Å². The summed E-state index contributed by atoms with van der Waals surface area (Å²) in [5, 5.41) is 8.04. The maximum atomic E-state index is 12.8. The summed E-state index contributed by atoms with van der Waals surface area (Å²) < 4.78 is 16.1. The number of amides is 1. The Morgan fingerprint density at radius 2 is 1.72 bits per heavy atom. The summed E-state index contributed by atoms with van der Waals surface area (Å²) >= 11 is 0. The maximum Gasteiger partial charge on any atom is 0.318 e. The average molecular weight is 346 g/mol. The molecule has 1 saturated heterocycles. The highest BCUT2D eigenvalue weighted by molar-refractivity contribution is 5.95. The predicted molar refractivity (Wildman–Crippen MR) is 91.3 cm³/mol. The molecule has 1 aliphatic rings. The van der Waals surface area contributed by atoms with E-state index in [1.807, 2.05) is 16.7 Å². The number of methoxy groups -OCH3 is 2. The Kier molecular flexibility index (Phi) is 5.06. The summed E-state index contributed by atoms with van der Waals surface area (Å²) in [6.07, 6.45) is 0.711. The molecule has 2 aromatic rings. The molecule has 1 fully saturated rings. The lowest BCUT2D eigenvalue weighted by Crippen LogP contribution is -2.49. The van der Waals surface area contributed by atoms with Gasteiger partial charge in [-0.15, -0.1) is 5.10 Å². The molecule has 8 heteroatoms. The van der Waals surface area contributed by atoms with E-state index in [1.165, 1.54) is 0 Å².